The fourth-order valence-corrected chi connectivity index (χ4v) is 3.17. The summed E-state index contributed by atoms with van der Waals surface area (Å²) < 4.78 is 11.5. The van der Waals surface area contributed by atoms with Crippen molar-refractivity contribution in [2.24, 2.45) is 0 Å². The zero-order valence-electron chi connectivity index (χ0n) is 20.0. The monoisotopic (exact) mass is 446 g/mol. The van der Waals surface area contributed by atoms with Gasteiger partial charge in [0.05, 0.1) is 18.3 Å². The van der Waals surface area contributed by atoms with Gasteiger partial charge >= 0.3 is 5.97 Å². The molecule has 2 N–H and O–H groups in total. The molecule has 0 bridgehead atoms. The van der Waals surface area contributed by atoms with Crippen molar-refractivity contribution in [3.8, 4) is 0 Å². The third kappa shape index (κ3) is 10.4. The summed E-state index contributed by atoms with van der Waals surface area (Å²) in [5, 5.41) is 3.28. The summed E-state index contributed by atoms with van der Waals surface area (Å²) in [6, 6.07) is 7.22. The minimum atomic E-state index is -0.529. The van der Waals surface area contributed by atoms with Crippen LogP contribution in [0.4, 0.5) is 0 Å². The zero-order valence-corrected chi connectivity index (χ0v) is 20.0. The number of esters is 1. The second kappa shape index (κ2) is 12.7. The van der Waals surface area contributed by atoms with Crippen molar-refractivity contribution >= 4 is 18.0 Å². The topological polar surface area (TPSA) is 85.9 Å². The minimum Gasteiger partial charge on any atom is -0.461 e. The van der Waals surface area contributed by atoms with Gasteiger partial charge < -0.3 is 9.47 Å². The summed E-state index contributed by atoms with van der Waals surface area (Å²) >= 11 is 0. The summed E-state index contributed by atoms with van der Waals surface area (Å²) in [6.45, 7) is 10.3. The number of amides is 1. The molecule has 0 heterocycles. The van der Waals surface area contributed by atoms with E-state index in [0.717, 1.165) is 36.8 Å². The van der Waals surface area contributed by atoms with Crippen molar-refractivity contribution in [2.45, 2.75) is 90.7 Å². The lowest BCUT2D eigenvalue weighted by Crippen LogP contribution is -2.44. The number of nitrogens with one attached hydrogen (secondary N) is 2. The van der Waals surface area contributed by atoms with Crippen LogP contribution < -0.4 is 10.8 Å². The first kappa shape index (κ1) is 26.0. The van der Waals surface area contributed by atoms with E-state index in [1.165, 1.54) is 6.08 Å². The van der Waals surface area contributed by atoms with Gasteiger partial charge in [-0.2, -0.15) is 0 Å². The van der Waals surface area contributed by atoms with E-state index in [2.05, 4.69) is 10.8 Å². The van der Waals surface area contributed by atoms with Crippen molar-refractivity contribution < 1.29 is 23.9 Å². The molecule has 0 aromatic heterocycles. The van der Waals surface area contributed by atoms with Gasteiger partial charge in [-0.25, -0.2) is 5.48 Å². The fraction of sp³-hybridized carbons (Fsp3) is 0.600. The lowest BCUT2D eigenvalue weighted by molar-refractivity contribution is -0.154. The average Bonchev–Trinajstić information content (AvgIpc) is 3.23. The van der Waals surface area contributed by atoms with Crippen LogP contribution in [0.15, 0.2) is 30.3 Å². The van der Waals surface area contributed by atoms with E-state index in [1.807, 2.05) is 58.9 Å². The number of rotatable bonds is 11. The van der Waals surface area contributed by atoms with Crippen LogP contribution in [-0.4, -0.2) is 42.3 Å². The number of hydrogen-bond donors (Lipinski definition) is 2. The van der Waals surface area contributed by atoms with Gasteiger partial charge in [0.1, 0.15) is 12.1 Å². The lowest BCUT2D eigenvalue weighted by Gasteiger charge is -2.25. The molecule has 0 saturated heterocycles. The molecular weight excluding hydrogens is 408 g/mol. The molecule has 0 spiro atoms. The van der Waals surface area contributed by atoms with Crippen LogP contribution in [0.2, 0.25) is 0 Å². The molecule has 1 aromatic carbocycles. The van der Waals surface area contributed by atoms with Crippen molar-refractivity contribution in [2.75, 3.05) is 6.61 Å². The molecule has 7 nitrogen and oxygen atoms in total. The van der Waals surface area contributed by atoms with E-state index in [9.17, 15) is 9.59 Å². The van der Waals surface area contributed by atoms with Crippen molar-refractivity contribution in [3.63, 3.8) is 0 Å². The summed E-state index contributed by atoms with van der Waals surface area (Å²) in [4.78, 5) is 29.5. The molecule has 1 aliphatic carbocycles. The molecule has 1 amide bonds. The smallest absolute Gasteiger partial charge is 0.325 e. The largest absolute Gasteiger partial charge is 0.461 e. The van der Waals surface area contributed by atoms with Crippen LogP contribution in [0.5, 0.6) is 0 Å². The van der Waals surface area contributed by atoms with Gasteiger partial charge in [-0.1, -0.05) is 24.3 Å². The SMILES string of the molecule is CC(C)ONC(=O)/C=C/c1ccc(CNC(COC(C)(C)C)C(=O)OC2CCCC2)cc1. The number of carbonyl (C=O) groups is 2. The second-order valence-corrected chi connectivity index (χ2v) is 9.41. The standard InChI is InChI=1S/C25H38N2O5/c1-18(2)32-27-23(28)15-14-19-10-12-20(13-11-19)16-26-22(17-30-25(3,4)5)24(29)31-21-8-6-7-9-21/h10-15,18,21-22,26H,6-9,16-17H2,1-5H3,(H,27,28)/b15-14+. The summed E-state index contributed by atoms with van der Waals surface area (Å²) in [5.41, 5.74) is 3.93. The van der Waals surface area contributed by atoms with E-state index in [1.54, 1.807) is 6.08 Å². The Morgan fingerprint density at radius 2 is 1.78 bits per heavy atom. The highest BCUT2D eigenvalue weighted by Crippen LogP contribution is 2.21. The molecule has 1 atom stereocenters. The van der Waals surface area contributed by atoms with Gasteiger partial charge in [0.15, 0.2) is 0 Å². The van der Waals surface area contributed by atoms with Crippen LogP contribution in [-0.2, 0) is 30.4 Å². The van der Waals surface area contributed by atoms with E-state index >= 15 is 0 Å². The molecule has 1 fully saturated rings. The van der Waals surface area contributed by atoms with Crippen LogP contribution in [0.25, 0.3) is 6.08 Å². The van der Waals surface area contributed by atoms with E-state index in [4.69, 9.17) is 14.3 Å². The number of ether oxygens (including phenoxy) is 2. The van der Waals surface area contributed by atoms with Gasteiger partial charge in [-0.3, -0.25) is 19.7 Å². The quantitative estimate of drug-likeness (QED) is 0.304. The number of hydrogen-bond acceptors (Lipinski definition) is 6. The highest BCUT2D eigenvalue weighted by molar-refractivity contribution is 5.90. The average molecular weight is 447 g/mol. The van der Waals surface area contributed by atoms with Crippen molar-refractivity contribution in [1.29, 1.82) is 0 Å². The van der Waals surface area contributed by atoms with Crippen molar-refractivity contribution in [3.05, 3.63) is 41.5 Å². The molecule has 2 rings (SSSR count). The molecule has 1 saturated carbocycles. The van der Waals surface area contributed by atoms with E-state index < -0.39 is 6.04 Å². The Balaban J connectivity index is 1.89. The highest BCUT2D eigenvalue weighted by Gasteiger charge is 2.27. The normalized spacial score (nSPS) is 15.9. The Morgan fingerprint density at radius 3 is 2.38 bits per heavy atom. The predicted molar refractivity (Wildman–Crippen MR) is 125 cm³/mol. The van der Waals surface area contributed by atoms with Crippen LogP contribution in [0, 0.1) is 0 Å². The van der Waals surface area contributed by atoms with E-state index in [0.29, 0.717) is 6.54 Å². The number of benzene rings is 1. The Kier molecular flexibility index (Phi) is 10.4. The highest BCUT2D eigenvalue weighted by atomic mass is 16.7. The Labute approximate surface area is 191 Å². The molecule has 178 valence electrons. The Hall–Kier alpha value is -2.22. The molecule has 1 aliphatic rings. The fourth-order valence-electron chi connectivity index (χ4n) is 3.17. The second-order valence-electron chi connectivity index (χ2n) is 9.41. The van der Waals surface area contributed by atoms with E-state index in [-0.39, 0.29) is 36.3 Å². The van der Waals surface area contributed by atoms with Gasteiger partial charge in [0.25, 0.3) is 5.91 Å². The first-order valence-electron chi connectivity index (χ1n) is 11.4. The first-order chi connectivity index (χ1) is 15.1. The molecule has 7 heteroatoms. The number of carbonyl (C=O) groups excluding carboxylic acids is 2. The van der Waals surface area contributed by atoms with Gasteiger partial charge in [-0.15, -0.1) is 0 Å². The predicted octanol–water partition coefficient (Wildman–Crippen LogP) is 3.92. The Bertz CT molecular complexity index is 747. The minimum absolute atomic E-state index is 0.0237. The maximum atomic E-state index is 12.7. The third-order valence-electron chi connectivity index (χ3n) is 4.91. The zero-order chi connectivity index (χ0) is 23.6. The van der Waals surface area contributed by atoms with Crippen molar-refractivity contribution in [1.82, 2.24) is 10.8 Å². The lowest BCUT2D eigenvalue weighted by atomic mass is 10.1. The first-order valence-corrected chi connectivity index (χ1v) is 11.4. The summed E-state index contributed by atoms with van der Waals surface area (Å²) in [6.07, 6.45) is 7.19. The third-order valence-corrected chi connectivity index (χ3v) is 4.91. The maximum absolute atomic E-state index is 12.7. The molecule has 1 aromatic rings. The van der Waals surface area contributed by atoms with Gasteiger partial charge in [0, 0.05) is 12.6 Å². The van der Waals surface area contributed by atoms with Crippen LogP contribution >= 0.6 is 0 Å². The molecule has 1 unspecified atom stereocenters. The molecule has 0 radical (unpaired) electrons. The van der Waals surface area contributed by atoms with Crippen LogP contribution in [0.1, 0.15) is 71.4 Å². The Morgan fingerprint density at radius 1 is 1.12 bits per heavy atom. The van der Waals surface area contributed by atoms with Gasteiger partial charge in [-0.05, 0) is 77.5 Å². The van der Waals surface area contributed by atoms with Crippen LogP contribution in [0.3, 0.4) is 0 Å². The molecule has 0 aliphatic heterocycles. The molecule has 32 heavy (non-hydrogen) atoms. The summed E-state index contributed by atoms with van der Waals surface area (Å²) in [5.74, 6) is -0.567. The van der Waals surface area contributed by atoms with Gasteiger partial charge in [0.2, 0.25) is 0 Å². The number of hydroxylamine groups is 1. The molecular formula is C25H38N2O5. The maximum Gasteiger partial charge on any atom is 0.325 e. The summed E-state index contributed by atoms with van der Waals surface area (Å²) in [7, 11) is 0.